The number of rotatable bonds is 0. The molecule has 2 nitrogen and oxygen atoms in total. The molecule has 1 saturated heterocycles. The predicted octanol–water partition coefficient (Wildman–Crippen LogP) is 3.67. The van der Waals surface area contributed by atoms with E-state index in [0.717, 1.165) is 22.6 Å². The molecular formula is C13H8O2S. The van der Waals surface area contributed by atoms with Gasteiger partial charge in [0.1, 0.15) is 11.5 Å². The number of ether oxygens (including phenoxy) is 1. The average Bonchev–Trinajstić information content (AvgIpc) is 3.11. The maximum Gasteiger partial charge on any atom is 0.211 e. The largest absolute Gasteiger partial charge is 0.456 e. The minimum Gasteiger partial charge on any atom is -0.456 e. The van der Waals surface area contributed by atoms with Crippen LogP contribution in [0, 0.1) is 0 Å². The Balaban J connectivity index is 2.02. The van der Waals surface area contributed by atoms with E-state index in [2.05, 4.69) is 12.1 Å². The van der Waals surface area contributed by atoms with Gasteiger partial charge in [-0.1, -0.05) is 36.4 Å². The molecule has 2 aromatic rings. The van der Waals surface area contributed by atoms with E-state index >= 15 is 0 Å². The van der Waals surface area contributed by atoms with Crippen molar-refractivity contribution in [2.75, 3.05) is 0 Å². The van der Waals surface area contributed by atoms with Crippen LogP contribution in [0.15, 0.2) is 48.5 Å². The Labute approximate surface area is 97.4 Å². The molecule has 0 N–H and O–H groups in total. The summed E-state index contributed by atoms with van der Waals surface area (Å²) in [5.41, 5.74) is 2.22. The molecule has 0 atom stereocenters. The van der Waals surface area contributed by atoms with Crippen molar-refractivity contribution >= 4 is 12.0 Å². The summed E-state index contributed by atoms with van der Waals surface area (Å²) in [6.07, 6.45) is 0. The summed E-state index contributed by atoms with van der Waals surface area (Å²) in [7, 11) is 0. The summed E-state index contributed by atoms with van der Waals surface area (Å²) < 4.78 is 11.5. The highest BCUT2D eigenvalue weighted by Crippen LogP contribution is 2.66. The first-order chi connectivity index (χ1) is 7.90. The molecular weight excluding hydrogens is 220 g/mol. The van der Waals surface area contributed by atoms with Crippen LogP contribution in [-0.4, -0.2) is 0 Å². The van der Waals surface area contributed by atoms with E-state index in [0.29, 0.717) is 0 Å². The van der Waals surface area contributed by atoms with Gasteiger partial charge < -0.3 is 4.74 Å². The molecule has 4 rings (SSSR count). The third kappa shape index (κ3) is 0.970. The highest BCUT2D eigenvalue weighted by Gasteiger charge is 2.56. The zero-order valence-electron chi connectivity index (χ0n) is 8.34. The van der Waals surface area contributed by atoms with E-state index in [9.17, 15) is 0 Å². The normalized spacial score (nSPS) is 18.5. The Morgan fingerprint density at radius 2 is 1.31 bits per heavy atom. The van der Waals surface area contributed by atoms with Gasteiger partial charge in [0.15, 0.2) is 0 Å². The molecule has 1 fully saturated rings. The van der Waals surface area contributed by atoms with Gasteiger partial charge in [-0.15, -0.1) is 0 Å². The summed E-state index contributed by atoms with van der Waals surface area (Å²) in [4.78, 5) is -0.314. The maximum atomic E-state index is 5.86. The summed E-state index contributed by atoms with van der Waals surface area (Å²) in [5.74, 6) is 1.79. The second kappa shape index (κ2) is 2.81. The molecule has 0 aliphatic carbocycles. The van der Waals surface area contributed by atoms with E-state index in [-0.39, 0.29) is 4.93 Å². The van der Waals surface area contributed by atoms with Crippen molar-refractivity contribution in [3.05, 3.63) is 59.7 Å². The molecule has 0 radical (unpaired) electrons. The zero-order chi connectivity index (χ0) is 10.6. The lowest BCUT2D eigenvalue weighted by Gasteiger charge is -2.23. The van der Waals surface area contributed by atoms with Crippen LogP contribution in [0.3, 0.4) is 0 Å². The molecule has 78 valence electrons. The third-order valence-corrected chi connectivity index (χ3v) is 3.89. The van der Waals surface area contributed by atoms with Crippen molar-refractivity contribution in [1.29, 1.82) is 0 Å². The van der Waals surface area contributed by atoms with Crippen LogP contribution in [0.25, 0.3) is 0 Å². The van der Waals surface area contributed by atoms with Gasteiger partial charge in [-0.3, -0.25) is 4.18 Å². The topological polar surface area (TPSA) is 21.8 Å². The molecule has 2 aromatic carbocycles. The summed E-state index contributed by atoms with van der Waals surface area (Å²) in [6, 6.07) is 16.1. The van der Waals surface area contributed by atoms with Gasteiger partial charge in [0.25, 0.3) is 0 Å². The summed E-state index contributed by atoms with van der Waals surface area (Å²) in [5, 5.41) is 0. The van der Waals surface area contributed by atoms with Crippen LogP contribution in [-0.2, 0) is 9.12 Å². The van der Waals surface area contributed by atoms with Crippen LogP contribution in [0.5, 0.6) is 11.5 Å². The molecule has 3 heteroatoms. The van der Waals surface area contributed by atoms with Crippen LogP contribution in [0.2, 0.25) is 0 Å². The maximum absolute atomic E-state index is 5.86. The molecule has 0 aromatic heterocycles. The monoisotopic (exact) mass is 228 g/mol. The fraction of sp³-hybridized carbons (Fsp3) is 0.0769. The summed E-state index contributed by atoms with van der Waals surface area (Å²) >= 11 is 1.50. The van der Waals surface area contributed by atoms with Gasteiger partial charge >= 0.3 is 0 Å². The average molecular weight is 228 g/mol. The lowest BCUT2D eigenvalue weighted by atomic mass is 9.97. The van der Waals surface area contributed by atoms with Gasteiger partial charge in [0.05, 0.1) is 0 Å². The van der Waals surface area contributed by atoms with Crippen molar-refractivity contribution in [3.8, 4) is 11.5 Å². The second-order valence-corrected chi connectivity index (χ2v) is 4.79. The van der Waals surface area contributed by atoms with Gasteiger partial charge in [-0.05, 0) is 12.1 Å². The molecule has 0 saturated carbocycles. The Kier molecular flexibility index (Phi) is 1.52. The number of fused-ring (bicyclic) bond motifs is 4. The highest BCUT2D eigenvalue weighted by atomic mass is 32.2. The van der Waals surface area contributed by atoms with E-state index in [1.807, 2.05) is 36.4 Å². The molecule has 1 spiro atoms. The van der Waals surface area contributed by atoms with Gasteiger partial charge in [0, 0.05) is 23.2 Å². The molecule has 0 unspecified atom stereocenters. The van der Waals surface area contributed by atoms with Gasteiger partial charge in [0.2, 0.25) is 4.93 Å². The lowest BCUT2D eigenvalue weighted by Crippen LogP contribution is -2.15. The SMILES string of the molecule is c1ccc2c(c1)Oc1ccccc1C21OS1. The third-order valence-electron chi connectivity index (χ3n) is 2.95. The quantitative estimate of drug-likeness (QED) is 0.507. The Morgan fingerprint density at radius 3 is 1.81 bits per heavy atom. The fourth-order valence-corrected chi connectivity index (χ4v) is 2.92. The van der Waals surface area contributed by atoms with Crippen molar-refractivity contribution in [2.45, 2.75) is 4.93 Å². The van der Waals surface area contributed by atoms with Crippen molar-refractivity contribution in [2.24, 2.45) is 0 Å². The number of para-hydroxylation sites is 2. The molecule has 0 amide bonds. The van der Waals surface area contributed by atoms with E-state index in [1.54, 1.807) is 0 Å². The van der Waals surface area contributed by atoms with Crippen LogP contribution in [0.4, 0.5) is 0 Å². The van der Waals surface area contributed by atoms with Crippen molar-refractivity contribution in [1.82, 2.24) is 0 Å². The van der Waals surface area contributed by atoms with Gasteiger partial charge in [-0.25, -0.2) is 0 Å². The number of hydrogen-bond donors (Lipinski definition) is 0. The van der Waals surface area contributed by atoms with E-state index in [4.69, 9.17) is 8.92 Å². The van der Waals surface area contributed by atoms with Crippen molar-refractivity contribution < 1.29 is 8.92 Å². The van der Waals surface area contributed by atoms with Crippen molar-refractivity contribution in [3.63, 3.8) is 0 Å². The molecule has 2 aliphatic heterocycles. The molecule has 2 heterocycles. The van der Waals surface area contributed by atoms with Crippen LogP contribution in [0.1, 0.15) is 11.1 Å². The minimum atomic E-state index is -0.314. The Bertz CT molecular complexity index is 528. The standard InChI is InChI=1S/C13H8O2S/c1-3-7-11-9(5-1)13(15-16-13)10-6-2-4-8-12(10)14-11/h1-8H. The Hall–Kier alpha value is -1.45. The van der Waals surface area contributed by atoms with Crippen LogP contribution >= 0.6 is 12.0 Å². The first-order valence-electron chi connectivity index (χ1n) is 5.14. The zero-order valence-corrected chi connectivity index (χ0v) is 9.16. The lowest BCUT2D eigenvalue weighted by molar-refractivity contribution is 0.331. The van der Waals surface area contributed by atoms with Gasteiger partial charge in [-0.2, -0.15) is 0 Å². The molecule has 2 aliphatic rings. The molecule has 16 heavy (non-hydrogen) atoms. The predicted molar refractivity (Wildman–Crippen MR) is 62.4 cm³/mol. The minimum absolute atomic E-state index is 0.314. The fourth-order valence-electron chi connectivity index (χ4n) is 2.14. The van der Waals surface area contributed by atoms with E-state index < -0.39 is 0 Å². The second-order valence-electron chi connectivity index (χ2n) is 3.88. The first kappa shape index (κ1) is 8.67. The summed E-state index contributed by atoms with van der Waals surface area (Å²) in [6.45, 7) is 0. The van der Waals surface area contributed by atoms with E-state index in [1.165, 1.54) is 12.0 Å². The number of hydrogen-bond acceptors (Lipinski definition) is 3. The van der Waals surface area contributed by atoms with Crippen LogP contribution < -0.4 is 4.74 Å². The highest BCUT2D eigenvalue weighted by molar-refractivity contribution is 8.01. The first-order valence-corrected chi connectivity index (χ1v) is 5.88. The smallest absolute Gasteiger partial charge is 0.211 e. The molecule has 0 bridgehead atoms. The number of benzene rings is 2. The Morgan fingerprint density at radius 1 is 0.812 bits per heavy atom.